The summed E-state index contributed by atoms with van der Waals surface area (Å²) < 4.78 is 10.8. The first kappa shape index (κ1) is 13.5. The van der Waals surface area contributed by atoms with E-state index in [4.69, 9.17) is 9.26 Å². The van der Waals surface area contributed by atoms with Crippen molar-refractivity contribution in [1.29, 1.82) is 0 Å². The predicted molar refractivity (Wildman–Crippen MR) is 69.2 cm³/mol. The molecule has 2 heterocycles. The van der Waals surface area contributed by atoms with Crippen LogP contribution in [0.15, 0.2) is 10.6 Å². The second kappa shape index (κ2) is 6.31. The van der Waals surface area contributed by atoms with E-state index < -0.39 is 0 Å². The van der Waals surface area contributed by atoms with Gasteiger partial charge in [0.2, 0.25) is 0 Å². The molecule has 1 saturated heterocycles. The lowest BCUT2D eigenvalue weighted by molar-refractivity contribution is -0.00779. The molecule has 5 heteroatoms. The fourth-order valence-electron chi connectivity index (χ4n) is 2.02. The Morgan fingerprint density at radius 2 is 2.39 bits per heavy atom. The van der Waals surface area contributed by atoms with Gasteiger partial charge in [0.15, 0.2) is 5.76 Å². The first-order valence-corrected chi connectivity index (χ1v) is 6.65. The molecule has 0 bridgehead atoms. The van der Waals surface area contributed by atoms with Gasteiger partial charge in [-0.1, -0.05) is 19.0 Å². The van der Waals surface area contributed by atoms with Crippen LogP contribution in [-0.2, 0) is 17.8 Å². The third-order valence-corrected chi connectivity index (χ3v) is 3.16. The Morgan fingerprint density at radius 1 is 1.56 bits per heavy atom. The summed E-state index contributed by atoms with van der Waals surface area (Å²) in [4.78, 5) is 2.36. The van der Waals surface area contributed by atoms with Gasteiger partial charge < -0.3 is 14.6 Å². The van der Waals surface area contributed by atoms with Gasteiger partial charge in [0.1, 0.15) is 0 Å². The minimum absolute atomic E-state index is 0.445. The lowest BCUT2D eigenvalue weighted by Crippen LogP contribution is -2.42. The van der Waals surface area contributed by atoms with Crippen LogP contribution < -0.4 is 5.32 Å². The lowest BCUT2D eigenvalue weighted by atomic mass is 10.2. The molecule has 0 spiro atoms. The Bertz CT molecular complexity index is 365. The van der Waals surface area contributed by atoms with Crippen molar-refractivity contribution in [3.63, 3.8) is 0 Å². The topological polar surface area (TPSA) is 50.5 Å². The molecular weight excluding hydrogens is 230 g/mol. The standard InChI is InChI=1S/C13H23N3O2/c1-10(2)14-7-12-6-13(18-15-12)8-16-4-5-17-9-11(16)3/h6,10-11,14H,4-5,7-9H2,1-3H3. The second-order valence-electron chi connectivity index (χ2n) is 5.21. The molecule has 1 atom stereocenters. The van der Waals surface area contributed by atoms with Crippen molar-refractivity contribution < 1.29 is 9.26 Å². The number of nitrogens with one attached hydrogen (secondary N) is 1. The van der Waals surface area contributed by atoms with E-state index in [0.717, 1.165) is 44.3 Å². The van der Waals surface area contributed by atoms with Gasteiger partial charge in [-0.05, 0) is 6.92 Å². The number of morpholine rings is 1. The molecule has 1 aliphatic heterocycles. The fraction of sp³-hybridized carbons (Fsp3) is 0.769. The lowest BCUT2D eigenvalue weighted by Gasteiger charge is -2.32. The number of aromatic nitrogens is 1. The zero-order valence-electron chi connectivity index (χ0n) is 11.5. The zero-order chi connectivity index (χ0) is 13.0. The fourth-order valence-corrected chi connectivity index (χ4v) is 2.02. The third-order valence-electron chi connectivity index (χ3n) is 3.16. The van der Waals surface area contributed by atoms with Gasteiger partial charge in [0.05, 0.1) is 25.5 Å². The predicted octanol–water partition coefficient (Wildman–Crippen LogP) is 1.39. The Kier molecular flexibility index (Phi) is 4.74. The number of nitrogens with zero attached hydrogens (tertiary/aromatic N) is 2. The third kappa shape index (κ3) is 3.80. The van der Waals surface area contributed by atoms with Gasteiger partial charge in [-0.3, -0.25) is 4.90 Å². The second-order valence-corrected chi connectivity index (χ2v) is 5.21. The molecule has 0 saturated carbocycles. The van der Waals surface area contributed by atoms with Crippen molar-refractivity contribution in [2.75, 3.05) is 19.8 Å². The molecule has 0 radical (unpaired) electrons. The van der Waals surface area contributed by atoms with Crippen molar-refractivity contribution in [3.05, 3.63) is 17.5 Å². The highest BCUT2D eigenvalue weighted by Crippen LogP contribution is 2.13. The summed E-state index contributed by atoms with van der Waals surface area (Å²) in [6.07, 6.45) is 0. The van der Waals surface area contributed by atoms with Gasteiger partial charge in [-0.15, -0.1) is 0 Å². The molecule has 1 aromatic rings. The summed E-state index contributed by atoms with van der Waals surface area (Å²) >= 11 is 0. The molecule has 1 fully saturated rings. The summed E-state index contributed by atoms with van der Waals surface area (Å²) in [5, 5.41) is 7.41. The van der Waals surface area contributed by atoms with Crippen molar-refractivity contribution in [2.24, 2.45) is 0 Å². The van der Waals surface area contributed by atoms with Crippen LogP contribution in [0.1, 0.15) is 32.2 Å². The number of hydrogen-bond donors (Lipinski definition) is 1. The van der Waals surface area contributed by atoms with E-state index in [0.29, 0.717) is 12.1 Å². The zero-order valence-corrected chi connectivity index (χ0v) is 11.5. The largest absolute Gasteiger partial charge is 0.379 e. The molecule has 0 aromatic carbocycles. The summed E-state index contributed by atoms with van der Waals surface area (Å²) in [6.45, 7) is 10.6. The number of rotatable bonds is 5. The summed E-state index contributed by atoms with van der Waals surface area (Å²) in [6, 6.07) is 2.95. The minimum Gasteiger partial charge on any atom is -0.379 e. The summed E-state index contributed by atoms with van der Waals surface area (Å²) in [5.74, 6) is 0.935. The summed E-state index contributed by atoms with van der Waals surface area (Å²) in [7, 11) is 0. The van der Waals surface area contributed by atoms with E-state index >= 15 is 0 Å². The highest BCUT2D eigenvalue weighted by molar-refractivity contribution is 5.05. The van der Waals surface area contributed by atoms with Crippen LogP contribution in [0.5, 0.6) is 0 Å². The molecular formula is C13H23N3O2. The van der Waals surface area contributed by atoms with E-state index in [1.54, 1.807) is 0 Å². The number of hydrogen-bond acceptors (Lipinski definition) is 5. The molecule has 1 N–H and O–H groups in total. The normalized spacial score (nSPS) is 21.7. The Morgan fingerprint density at radius 3 is 3.11 bits per heavy atom. The van der Waals surface area contributed by atoms with Crippen LogP contribution in [0.4, 0.5) is 0 Å². The number of ether oxygens (including phenoxy) is 1. The maximum Gasteiger partial charge on any atom is 0.151 e. The van der Waals surface area contributed by atoms with Crippen LogP contribution in [0.3, 0.4) is 0 Å². The molecule has 0 aliphatic carbocycles. The minimum atomic E-state index is 0.445. The van der Waals surface area contributed by atoms with Crippen LogP contribution in [0.25, 0.3) is 0 Å². The van der Waals surface area contributed by atoms with Gasteiger partial charge >= 0.3 is 0 Å². The van der Waals surface area contributed by atoms with Gasteiger partial charge in [0.25, 0.3) is 0 Å². The molecule has 102 valence electrons. The van der Waals surface area contributed by atoms with Crippen molar-refractivity contribution in [3.8, 4) is 0 Å². The monoisotopic (exact) mass is 253 g/mol. The van der Waals surface area contributed by atoms with Gasteiger partial charge in [-0.25, -0.2) is 0 Å². The van der Waals surface area contributed by atoms with E-state index in [1.807, 2.05) is 6.07 Å². The van der Waals surface area contributed by atoms with Crippen LogP contribution in [-0.4, -0.2) is 41.9 Å². The summed E-state index contributed by atoms with van der Waals surface area (Å²) in [5.41, 5.74) is 0.972. The van der Waals surface area contributed by atoms with E-state index in [2.05, 4.69) is 36.1 Å². The maximum atomic E-state index is 5.42. The Labute approximate surface area is 108 Å². The molecule has 5 nitrogen and oxygen atoms in total. The molecule has 0 amide bonds. The van der Waals surface area contributed by atoms with Gasteiger partial charge in [0, 0.05) is 31.2 Å². The first-order valence-electron chi connectivity index (χ1n) is 6.65. The first-order chi connectivity index (χ1) is 8.65. The average molecular weight is 253 g/mol. The Balaban J connectivity index is 1.85. The van der Waals surface area contributed by atoms with Crippen LogP contribution >= 0.6 is 0 Å². The van der Waals surface area contributed by atoms with E-state index in [1.165, 1.54) is 0 Å². The highest BCUT2D eigenvalue weighted by Gasteiger charge is 2.20. The molecule has 2 rings (SSSR count). The van der Waals surface area contributed by atoms with E-state index in [-0.39, 0.29) is 0 Å². The maximum absolute atomic E-state index is 5.42. The molecule has 18 heavy (non-hydrogen) atoms. The smallest absolute Gasteiger partial charge is 0.151 e. The Hall–Kier alpha value is -0.910. The van der Waals surface area contributed by atoms with Crippen molar-refractivity contribution >= 4 is 0 Å². The average Bonchev–Trinajstić information content (AvgIpc) is 2.77. The van der Waals surface area contributed by atoms with Crippen molar-refractivity contribution in [1.82, 2.24) is 15.4 Å². The van der Waals surface area contributed by atoms with Crippen LogP contribution in [0.2, 0.25) is 0 Å². The van der Waals surface area contributed by atoms with E-state index in [9.17, 15) is 0 Å². The molecule has 1 aliphatic rings. The highest BCUT2D eigenvalue weighted by atomic mass is 16.5. The quantitative estimate of drug-likeness (QED) is 0.859. The molecule has 1 aromatic heterocycles. The van der Waals surface area contributed by atoms with Gasteiger partial charge in [-0.2, -0.15) is 0 Å². The van der Waals surface area contributed by atoms with Crippen molar-refractivity contribution in [2.45, 2.75) is 45.9 Å². The van der Waals surface area contributed by atoms with Crippen LogP contribution in [0, 0.1) is 0 Å². The molecule has 1 unspecified atom stereocenters. The SMILES string of the molecule is CC(C)NCc1cc(CN2CCOCC2C)on1.